The number of halogens is 2. The Morgan fingerprint density at radius 2 is 2.13 bits per heavy atom. The van der Waals surface area contributed by atoms with E-state index in [0.29, 0.717) is 16.7 Å². The highest BCUT2D eigenvalue weighted by molar-refractivity contribution is 6.33. The van der Waals surface area contributed by atoms with Crippen LogP contribution in [0.2, 0.25) is 10.2 Å². The summed E-state index contributed by atoms with van der Waals surface area (Å²) in [7, 11) is 0. The first-order chi connectivity index (χ1) is 7.22. The molecule has 0 saturated carbocycles. The third-order valence-electron chi connectivity index (χ3n) is 2.23. The van der Waals surface area contributed by atoms with Gasteiger partial charge in [-0.25, -0.2) is 4.98 Å². The smallest absolute Gasteiger partial charge is 0.155 e. The van der Waals surface area contributed by atoms with E-state index in [-0.39, 0.29) is 0 Å². The molecule has 0 atom stereocenters. The molecule has 3 nitrogen and oxygen atoms in total. The van der Waals surface area contributed by atoms with Crippen molar-refractivity contribution in [1.82, 2.24) is 9.38 Å². The maximum atomic E-state index is 6.00. The van der Waals surface area contributed by atoms with E-state index in [1.165, 1.54) is 0 Å². The molecule has 0 aliphatic rings. The molecular formula is C10H11Cl2N3. The van der Waals surface area contributed by atoms with E-state index >= 15 is 0 Å². The largest absolute Gasteiger partial charge is 0.330 e. The summed E-state index contributed by atoms with van der Waals surface area (Å²) < 4.78 is 1.92. The van der Waals surface area contributed by atoms with Crippen LogP contribution in [0.15, 0.2) is 18.3 Å². The Hall–Kier alpha value is -0.770. The number of hydrogen-bond acceptors (Lipinski definition) is 2. The molecule has 0 aliphatic heterocycles. The predicted molar refractivity (Wildman–Crippen MR) is 62.6 cm³/mol. The number of fused-ring (bicyclic) bond motifs is 1. The van der Waals surface area contributed by atoms with Gasteiger partial charge in [-0.3, -0.25) is 0 Å². The minimum atomic E-state index is 0.513. The van der Waals surface area contributed by atoms with Crippen molar-refractivity contribution in [2.45, 2.75) is 12.8 Å². The van der Waals surface area contributed by atoms with Gasteiger partial charge < -0.3 is 10.1 Å². The highest BCUT2D eigenvalue weighted by Gasteiger charge is 2.08. The minimum Gasteiger partial charge on any atom is -0.330 e. The van der Waals surface area contributed by atoms with Crippen LogP contribution in [-0.4, -0.2) is 15.9 Å². The highest BCUT2D eigenvalue weighted by Crippen LogP contribution is 2.21. The Balaban J connectivity index is 2.49. The molecule has 0 aliphatic carbocycles. The number of hydrogen-bond donors (Lipinski definition) is 1. The van der Waals surface area contributed by atoms with Crippen molar-refractivity contribution >= 4 is 28.7 Å². The van der Waals surface area contributed by atoms with Crippen molar-refractivity contribution in [3.63, 3.8) is 0 Å². The number of aromatic nitrogens is 2. The summed E-state index contributed by atoms with van der Waals surface area (Å²) in [5.74, 6) is 0.906. The summed E-state index contributed by atoms with van der Waals surface area (Å²) in [4.78, 5) is 4.28. The molecule has 0 radical (unpaired) electrons. The van der Waals surface area contributed by atoms with Gasteiger partial charge in [0.05, 0.1) is 10.5 Å². The van der Waals surface area contributed by atoms with Gasteiger partial charge in [0.15, 0.2) is 5.15 Å². The molecule has 2 rings (SSSR count). The molecule has 0 aromatic carbocycles. The second-order valence-electron chi connectivity index (χ2n) is 3.31. The molecule has 0 bridgehead atoms. The van der Waals surface area contributed by atoms with Gasteiger partial charge in [-0.1, -0.05) is 23.2 Å². The van der Waals surface area contributed by atoms with Gasteiger partial charge >= 0.3 is 0 Å². The number of nitrogens with zero attached hydrogens (tertiary/aromatic N) is 2. The molecule has 0 unspecified atom stereocenters. The van der Waals surface area contributed by atoms with Crippen molar-refractivity contribution in [3.05, 3.63) is 34.3 Å². The van der Waals surface area contributed by atoms with Gasteiger partial charge in [0.25, 0.3) is 0 Å². The summed E-state index contributed by atoms with van der Waals surface area (Å²) in [5.41, 5.74) is 6.34. The van der Waals surface area contributed by atoms with Gasteiger partial charge in [-0.05, 0) is 25.1 Å². The van der Waals surface area contributed by atoms with E-state index in [2.05, 4.69) is 4.98 Å². The van der Waals surface area contributed by atoms with Crippen LogP contribution >= 0.6 is 23.2 Å². The molecule has 2 aromatic rings. The number of rotatable bonds is 3. The zero-order valence-corrected chi connectivity index (χ0v) is 9.59. The fraction of sp³-hybridized carbons (Fsp3) is 0.300. The van der Waals surface area contributed by atoms with Gasteiger partial charge in [-0.15, -0.1) is 0 Å². The zero-order chi connectivity index (χ0) is 10.8. The van der Waals surface area contributed by atoms with Crippen LogP contribution in [0.3, 0.4) is 0 Å². The molecule has 0 amide bonds. The molecule has 2 heterocycles. The SMILES string of the molecule is NCCCc1nc(Cl)c2ccc(Cl)cn12. The summed E-state index contributed by atoms with van der Waals surface area (Å²) in [6, 6.07) is 3.67. The van der Waals surface area contributed by atoms with E-state index in [9.17, 15) is 0 Å². The third-order valence-corrected chi connectivity index (χ3v) is 2.74. The van der Waals surface area contributed by atoms with E-state index in [0.717, 1.165) is 24.2 Å². The van der Waals surface area contributed by atoms with Crippen LogP contribution in [0.5, 0.6) is 0 Å². The van der Waals surface area contributed by atoms with E-state index in [4.69, 9.17) is 28.9 Å². The minimum absolute atomic E-state index is 0.513. The molecule has 2 aromatic heterocycles. The van der Waals surface area contributed by atoms with Crippen molar-refractivity contribution in [2.75, 3.05) is 6.54 Å². The lowest BCUT2D eigenvalue weighted by atomic mass is 10.3. The fourth-order valence-corrected chi connectivity index (χ4v) is 1.93. The molecule has 5 heteroatoms. The summed E-state index contributed by atoms with van der Waals surface area (Å²) >= 11 is 11.9. The van der Waals surface area contributed by atoms with Crippen molar-refractivity contribution in [2.24, 2.45) is 5.73 Å². The molecule has 15 heavy (non-hydrogen) atoms. The van der Waals surface area contributed by atoms with Gasteiger partial charge in [-0.2, -0.15) is 0 Å². The second-order valence-corrected chi connectivity index (χ2v) is 4.11. The second kappa shape index (κ2) is 4.39. The average Bonchev–Trinajstić information content (AvgIpc) is 2.52. The first-order valence-electron chi connectivity index (χ1n) is 4.74. The van der Waals surface area contributed by atoms with Crippen molar-refractivity contribution in [3.8, 4) is 0 Å². The first kappa shape index (κ1) is 10.7. The molecule has 0 spiro atoms. The maximum Gasteiger partial charge on any atom is 0.155 e. The van der Waals surface area contributed by atoms with Crippen molar-refractivity contribution in [1.29, 1.82) is 0 Å². The van der Waals surface area contributed by atoms with E-state index in [1.54, 1.807) is 6.07 Å². The highest BCUT2D eigenvalue weighted by atomic mass is 35.5. The zero-order valence-electron chi connectivity index (χ0n) is 8.08. The monoisotopic (exact) mass is 243 g/mol. The van der Waals surface area contributed by atoms with Crippen LogP contribution in [0.1, 0.15) is 12.2 Å². The Bertz CT molecular complexity index is 479. The number of pyridine rings is 1. The topological polar surface area (TPSA) is 43.3 Å². The van der Waals surface area contributed by atoms with Crippen molar-refractivity contribution < 1.29 is 0 Å². The van der Waals surface area contributed by atoms with Crippen LogP contribution in [0.4, 0.5) is 0 Å². The maximum absolute atomic E-state index is 6.00. The Labute approximate surface area is 97.8 Å². The quantitative estimate of drug-likeness (QED) is 0.901. The third kappa shape index (κ3) is 2.09. The number of nitrogens with two attached hydrogens (primary N) is 1. The lowest BCUT2D eigenvalue weighted by molar-refractivity contribution is 0.778. The van der Waals surface area contributed by atoms with Crippen LogP contribution < -0.4 is 5.73 Å². The van der Waals surface area contributed by atoms with E-state index < -0.39 is 0 Å². The van der Waals surface area contributed by atoms with Crippen LogP contribution in [0.25, 0.3) is 5.52 Å². The summed E-state index contributed by atoms with van der Waals surface area (Å²) in [5, 5.41) is 1.18. The Morgan fingerprint density at radius 1 is 1.33 bits per heavy atom. The van der Waals surface area contributed by atoms with Gasteiger partial charge in [0, 0.05) is 12.6 Å². The van der Waals surface area contributed by atoms with Crippen LogP contribution in [-0.2, 0) is 6.42 Å². The predicted octanol–water partition coefficient (Wildman–Crippen LogP) is 2.53. The normalized spacial score (nSPS) is 11.1. The molecule has 0 fully saturated rings. The lowest BCUT2D eigenvalue weighted by Crippen LogP contribution is -2.03. The number of imidazole rings is 1. The fourth-order valence-electron chi connectivity index (χ4n) is 1.52. The first-order valence-corrected chi connectivity index (χ1v) is 5.50. The molecule has 80 valence electrons. The summed E-state index contributed by atoms with van der Waals surface area (Å²) in [6.07, 6.45) is 3.52. The Kier molecular flexibility index (Phi) is 3.14. The summed E-state index contributed by atoms with van der Waals surface area (Å²) in [6.45, 7) is 0.646. The molecule has 2 N–H and O–H groups in total. The van der Waals surface area contributed by atoms with Gasteiger partial charge in [0.2, 0.25) is 0 Å². The lowest BCUT2D eigenvalue weighted by Gasteiger charge is -2.00. The molecular weight excluding hydrogens is 233 g/mol. The molecule has 0 saturated heterocycles. The average molecular weight is 244 g/mol. The standard InChI is InChI=1S/C10H11Cl2N3/c11-7-3-4-8-10(12)14-9(2-1-5-13)15(8)6-7/h3-4,6H,1-2,5,13H2. The Morgan fingerprint density at radius 3 is 2.87 bits per heavy atom. The van der Waals surface area contributed by atoms with E-state index in [1.807, 2.05) is 16.7 Å². The number of aryl methyl sites for hydroxylation is 1. The van der Waals surface area contributed by atoms with Gasteiger partial charge in [0.1, 0.15) is 5.82 Å². The van der Waals surface area contributed by atoms with Crippen LogP contribution in [0, 0.1) is 0 Å².